The molecule has 2 N–H and O–H groups in total. The van der Waals surface area contributed by atoms with Crippen LogP contribution >= 0.6 is 15.9 Å². The minimum Gasteiger partial charge on any atom is -0.325 e. The Morgan fingerprint density at radius 1 is 0.960 bits per heavy atom. The second kappa shape index (κ2) is 8.78. The van der Waals surface area contributed by atoms with Gasteiger partial charge < -0.3 is 10.6 Å². The van der Waals surface area contributed by atoms with E-state index in [0.29, 0.717) is 0 Å². The van der Waals surface area contributed by atoms with E-state index in [9.17, 15) is 9.59 Å². The van der Waals surface area contributed by atoms with E-state index in [1.807, 2.05) is 56.3 Å². The van der Waals surface area contributed by atoms with Gasteiger partial charge in [-0.2, -0.15) is 0 Å². The highest BCUT2D eigenvalue weighted by Gasteiger charge is 2.12. The van der Waals surface area contributed by atoms with Crippen LogP contribution in [0.2, 0.25) is 0 Å². The fourth-order valence-corrected chi connectivity index (χ4v) is 2.62. The molecule has 25 heavy (non-hydrogen) atoms. The van der Waals surface area contributed by atoms with Gasteiger partial charge in [-0.05, 0) is 62.4 Å². The minimum atomic E-state index is -0.163. The molecule has 6 heteroatoms. The molecule has 2 aromatic carbocycles. The summed E-state index contributed by atoms with van der Waals surface area (Å²) in [6.07, 6.45) is 0. The van der Waals surface area contributed by atoms with Gasteiger partial charge in [-0.3, -0.25) is 14.5 Å². The summed E-state index contributed by atoms with van der Waals surface area (Å²) in [6.45, 7) is 4.25. The molecule has 2 amide bonds. The van der Waals surface area contributed by atoms with Gasteiger partial charge in [-0.1, -0.05) is 28.1 Å². The number of nitrogens with zero attached hydrogens (tertiary/aromatic N) is 1. The number of hydrogen-bond acceptors (Lipinski definition) is 3. The summed E-state index contributed by atoms with van der Waals surface area (Å²) >= 11 is 3.35. The molecule has 0 saturated heterocycles. The Kier molecular flexibility index (Phi) is 6.73. The monoisotopic (exact) mass is 403 g/mol. The van der Waals surface area contributed by atoms with E-state index in [0.717, 1.165) is 27.0 Å². The average Bonchev–Trinajstić information content (AvgIpc) is 2.53. The first-order valence-electron chi connectivity index (χ1n) is 7.95. The molecule has 0 aliphatic rings. The zero-order valence-corrected chi connectivity index (χ0v) is 16.2. The lowest BCUT2D eigenvalue weighted by Crippen LogP contribution is -2.36. The van der Waals surface area contributed by atoms with Crippen molar-refractivity contribution < 1.29 is 9.59 Å². The van der Waals surface area contributed by atoms with Gasteiger partial charge in [0.25, 0.3) is 0 Å². The lowest BCUT2D eigenvalue weighted by atomic mass is 10.1. The first-order valence-corrected chi connectivity index (χ1v) is 8.74. The average molecular weight is 404 g/mol. The topological polar surface area (TPSA) is 61.4 Å². The smallest absolute Gasteiger partial charge is 0.238 e. The van der Waals surface area contributed by atoms with Crippen molar-refractivity contribution in [1.29, 1.82) is 0 Å². The fraction of sp³-hybridized carbons (Fsp3) is 0.263. The molecule has 2 rings (SSSR count). The Morgan fingerprint density at radius 2 is 1.56 bits per heavy atom. The Labute approximate surface area is 156 Å². The summed E-state index contributed by atoms with van der Waals surface area (Å²) in [5, 5.41) is 5.70. The first kappa shape index (κ1) is 19.1. The van der Waals surface area contributed by atoms with Crippen LogP contribution in [-0.2, 0) is 9.59 Å². The molecular weight excluding hydrogens is 382 g/mol. The predicted molar refractivity (Wildman–Crippen MR) is 105 cm³/mol. The highest BCUT2D eigenvalue weighted by Crippen LogP contribution is 2.18. The summed E-state index contributed by atoms with van der Waals surface area (Å²) in [5.74, 6) is -0.308. The molecule has 5 nitrogen and oxygen atoms in total. The van der Waals surface area contributed by atoms with Crippen molar-refractivity contribution in [2.45, 2.75) is 13.8 Å². The Bertz CT molecular complexity index is 760. The maximum Gasteiger partial charge on any atom is 0.238 e. The second-order valence-electron chi connectivity index (χ2n) is 6.02. The van der Waals surface area contributed by atoms with Crippen LogP contribution < -0.4 is 10.6 Å². The van der Waals surface area contributed by atoms with E-state index < -0.39 is 0 Å². The normalized spacial score (nSPS) is 10.6. The second-order valence-corrected chi connectivity index (χ2v) is 6.94. The van der Waals surface area contributed by atoms with Crippen LogP contribution in [0.3, 0.4) is 0 Å². The highest BCUT2D eigenvalue weighted by atomic mass is 79.9. The molecule has 0 fully saturated rings. The standard InChI is InChI=1S/C19H22BrN3O2/c1-13-5-4-6-17(14(13)2)22-19(25)12-23(3)11-18(24)21-16-9-7-15(20)8-10-16/h4-10H,11-12H2,1-3H3,(H,21,24)(H,22,25). The van der Waals surface area contributed by atoms with Crippen molar-refractivity contribution in [3.05, 3.63) is 58.1 Å². The maximum absolute atomic E-state index is 12.2. The van der Waals surface area contributed by atoms with E-state index >= 15 is 0 Å². The molecule has 0 saturated carbocycles. The van der Waals surface area contributed by atoms with Crippen molar-refractivity contribution in [3.8, 4) is 0 Å². The van der Waals surface area contributed by atoms with Crippen molar-refractivity contribution >= 4 is 39.1 Å². The summed E-state index contributed by atoms with van der Waals surface area (Å²) in [6, 6.07) is 13.1. The molecule has 0 aliphatic heterocycles. The maximum atomic E-state index is 12.2. The molecule has 2 aromatic rings. The summed E-state index contributed by atoms with van der Waals surface area (Å²) in [5.41, 5.74) is 3.70. The van der Waals surface area contributed by atoms with E-state index in [2.05, 4.69) is 26.6 Å². The van der Waals surface area contributed by atoms with Crippen LogP contribution in [0.5, 0.6) is 0 Å². The number of carbonyl (C=O) groups is 2. The Morgan fingerprint density at radius 3 is 2.20 bits per heavy atom. The molecule has 0 bridgehead atoms. The molecule has 0 radical (unpaired) electrons. The zero-order chi connectivity index (χ0) is 18.4. The van der Waals surface area contributed by atoms with Crippen molar-refractivity contribution in [2.75, 3.05) is 30.8 Å². The SMILES string of the molecule is Cc1cccc(NC(=O)CN(C)CC(=O)Nc2ccc(Br)cc2)c1C. The largest absolute Gasteiger partial charge is 0.325 e. The number of rotatable bonds is 6. The van der Waals surface area contributed by atoms with Gasteiger partial charge >= 0.3 is 0 Å². The third-order valence-corrected chi connectivity index (χ3v) is 4.36. The van der Waals surface area contributed by atoms with Gasteiger partial charge in [-0.25, -0.2) is 0 Å². The first-order chi connectivity index (χ1) is 11.8. The molecule has 0 unspecified atom stereocenters. The molecule has 0 aromatic heterocycles. The number of nitrogens with one attached hydrogen (secondary N) is 2. The summed E-state index contributed by atoms with van der Waals surface area (Å²) in [7, 11) is 1.74. The van der Waals surface area contributed by atoms with Gasteiger partial charge in [0.2, 0.25) is 11.8 Å². The summed E-state index contributed by atoms with van der Waals surface area (Å²) in [4.78, 5) is 25.9. The van der Waals surface area contributed by atoms with E-state index in [4.69, 9.17) is 0 Å². The van der Waals surface area contributed by atoms with Crippen LogP contribution in [0.15, 0.2) is 46.9 Å². The molecule has 0 spiro atoms. The third kappa shape index (κ3) is 5.99. The molecule has 0 atom stereocenters. The number of anilines is 2. The minimum absolute atomic E-state index is 0.135. The van der Waals surface area contributed by atoms with Gasteiger partial charge in [0.1, 0.15) is 0 Å². The van der Waals surface area contributed by atoms with Gasteiger partial charge in [0.15, 0.2) is 0 Å². The van der Waals surface area contributed by atoms with Crippen LogP contribution in [0.1, 0.15) is 11.1 Å². The lowest BCUT2D eigenvalue weighted by Gasteiger charge is -2.17. The number of likely N-dealkylation sites (N-methyl/N-ethyl adjacent to an activating group) is 1. The zero-order valence-electron chi connectivity index (χ0n) is 14.6. The Balaban J connectivity index is 1.83. The highest BCUT2D eigenvalue weighted by molar-refractivity contribution is 9.10. The van der Waals surface area contributed by atoms with Gasteiger partial charge in [-0.15, -0.1) is 0 Å². The quantitative estimate of drug-likeness (QED) is 0.774. The number of amides is 2. The molecular formula is C19H22BrN3O2. The van der Waals surface area contributed by atoms with Crippen LogP contribution in [0.25, 0.3) is 0 Å². The molecule has 132 valence electrons. The summed E-state index contributed by atoms with van der Waals surface area (Å²) < 4.78 is 0.950. The van der Waals surface area contributed by atoms with Gasteiger partial charge in [0.05, 0.1) is 13.1 Å². The van der Waals surface area contributed by atoms with E-state index in [-0.39, 0.29) is 24.9 Å². The third-order valence-electron chi connectivity index (χ3n) is 3.83. The number of hydrogen-bond donors (Lipinski definition) is 2. The van der Waals surface area contributed by atoms with Crippen LogP contribution in [0.4, 0.5) is 11.4 Å². The Hall–Kier alpha value is -2.18. The van der Waals surface area contributed by atoms with Crippen LogP contribution in [0, 0.1) is 13.8 Å². The van der Waals surface area contributed by atoms with Crippen molar-refractivity contribution in [2.24, 2.45) is 0 Å². The number of halogens is 1. The molecule has 0 aliphatic carbocycles. The van der Waals surface area contributed by atoms with Crippen molar-refractivity contribution in [3.63, 3.8) is 0 Å². The predicted octanol–water partition coefficient (Wildman–Crippen LogP) is 3.57. The fourth-order valence-electron chi connectivity index (χ4n) is 2.36. The van der Waals surface area contributed by atoms with Gasteiger partial charge in [0, 0.05) is 15.8 Å². The van der Waals surface area contributed by atoms with Crippen molar-refractivity contribution in [1.82, 2.24) is 4.90 Å². The molecule has 0 heterocycles. The number of benzene rings is 2. The van der Waals surface area contributed by atoms with E-state index in [1.165, 1.54) is 0 Å². The number of aryl methyl sites for hydroxylation is 1. The lowest BCUT2D eigenvalue weighted by molar-refractivity contribution is -0.119. The van der Waals surface area contributed by atoms with E-state index in [1.54, 1.807) is 11.9 Å². The van der Waals surface area contributed by atoms with Crippen LogP contribution in [-0.4, -0.2) is 36.9 Å². The number of carbonyl (C=O) groups excluding carboxylic acids is 2.